The van der Waals surface area contributed by atoms with Crippen LogP contribution in [-0.4, -0.2) is 37.7 Å². The maximum absolute atomic E-state index is 12.1. The van der Waals surface area contributed by atoms with Gasteiger partial charge in [-0.2, -0.15) is 0 Å². The van der Waals surface area contributed by atoms with Crippen LogP contribution in [0.15, 0.2) is 103 Å². The van der Waals surface area contributed by atoms with Crippen LogP contribution < -0.4 is 5.32 Å². The van der Waals surface area contributed by atoms with Crippen molar-refractivity contribution in [3.8, 4) is 11.1 Å². The number of aliphatic hydroxyl groups excluding tert-OH is 1. The lowest BCUT2D eigenvalue weighted by Gasteiger charge is -2.41. The molecule has 1 fully saturated rings. The van der Waals surface area contributed by atoms with E-state index in [4.69, 9.17) is 14.6 Å². The molecule has 0 spiro atoms. The van der Waals surface area contributed by atoms with Crippen molar-refractivity contribution in [2.24, 2.45) is 5.92 Å². The molecule has 2 heterocycles. The smallest absolute Gasteiger partial charge is 0.303 e. The molecule has 9 heteroatoms. The van der Waals surface area contributed by atoms with E-state index < -0.39 is 12.3 Å². The second-order valence-electron chi connectivity index (χ2n) is 11.7. The van der Waals surface area contributed by atoms with Crippen molar-refractivity contribution in [3.05, 3.63) is 126 Å². The summed E-state index contributed by atoms with van der Waals surface area (Å²) in [5.41, 5.74) is 7.59. The summed E-state index contributed by atoms with van der Waals surface area (Å²) in [6, 6.07) is 31.9. The first-order chi connectivity index (χ1) is 22.4. The number of imidazole rings is 1. The largest absolute Gasteiger partial charge is 0.481 e. The summed E-state index contributed by atoms with van der Waals surface area (Å²) in [4.78, 5) is 27.4. The fourth-order valence-corrected chi connectivity index (χ4v) is 5.91. The number of carbonyl (C=O) groups excluding carboxylic acids is 1. The Bertz CT molecular complexity index is 1820. The Labute approximate surface area is 267 Å². The topological polar surface area (TPSA) is 123 Å². The number of benzene rings is 4. The van der Waals surface area contributed by atoms with Crippen molar-refractivity contribution in [1.82, 2.24) is 14.9 Å². The highest BCUT2D eigenvalue weighted by Crippen LogP contribution is 2.43. The molecule has 6 rings (SSSR count). The number of ether oxygens (including phenoxy) is 2. The number of nitrogens with one attached hydrogen (secondary N) is 1. The molecule has 0 unspecified atom stereocenters. The van der Waals surface area contributed by atoms with E-state index in [1.165, 1.54) is 0 Å². The van der Waals surface area contributed by atoms with Crippen LogP contribution in [0.2, 0.25) is 0 Å². The molecule has 46 heavy (non-hydrogen) atoms. The Kier molecular flexibility index (Phi) is 9.54. The van der Waals surface area contributed by atoms with Gasteiger partial charge in [0.2, 0.25) is 5.91 Å². The minimum Gasteiger partial charge on any atom is -0.481 e. The fourth-order valence-electron chi connectivity index (χ4n) is 5.91. The second kappa shape index (κ2) is 14.1. The van der Waals surface area contributed by atoms with Crippen LogP contribution in [0.25, 0.3) is 22.2 Å². The molecule has 236 valence electrons. The highest BCUT2D eigenvalue weighted by Gasteiger charge is 2.38. The zero-order valence-corrected chi connectivity index (χ0v) is 25.6. The molecule has 1 aliphatic heterocycles. The van der Waals surface area contributed by atoms with E-state index in [9.17, 15) is 14.7 Å². The molecule has 4 atom stereocenters. The number of hydrogen-bond acceptors (Lipinski definition) is 6. The number of aliphatic hydroxyl groups is 1. The van der Waals surface area contributed by atoms with Gasteiger partial charge in [0.15, 0.2) is 6.29 Å². The van der Waals surface area contributed by atoms with Crippen LogP contribution in [0.1, 0.15) is 54.4 Å². The Morgan fingerprint density at radius 2 is 1.61 bits per heavy atom. The lowest BCUT2D eigenvalue weighted by Crippen LogP contribution is -2.39. The maximum Gasteiger partial charge on any atom is 0.303 e. The number of rotatable bonds is 11. The number of nitrogens with zero attached hydrogens (tertiary/aromatic N) is 2. The standard InChI is InChI=1S/C37H37N3O6/c1-24-33(21-40-23-39-31-10-2-3-11-32(31)40)45-37(46-36(24)27-14-12-25(22-41)13-15-27)30-9-5-8-29(19-30)28-7-4-6-26(18-28)20-38-34(42)16-17-35(43)44/h2-15,18-19,23-24,33,36-37,41H,16-17,20-22H2,1H3,(H,38,42)(H,43,44)/t24-,33+,36+,37+/m1/s1. The number of carboxylic acids is 1. The molecule has 4 aromatic carbocycles. The van der Waals surface area contributed by atoms with Gasteiger partial charge in [0.25, 0.3) is 0 Å². The summed E-state index contributed by atoms with van der Waals surface area (Å²) in [5, 5.41) is 21.2. The Balaban J connectivity index is 1.25. The normalized spacial score (nSPS) is 19.6. The molecule has 1 saturated heterocycles. The predicted molar refractivity (Wildman–Crippen MR) is 173 cm³/mol. The van der Waals surface area contributed by atoms with Gasteiger partial charge in [-0.1, -0.05) is 79.7 Å². The summed E-state index contributed by atoms with van der Waals surface area (Å²) >= 11 is 0. The first-order valence-corrected chi connectivity index (χ1v) is 15.5. The summed E-state index contributed by atoms with van der Waals surface area (Å²) in [7, 11) is 0. The number of aromatic nitrogens is 2. The molecule has 0 saturated carbocycles. The number of carbonyl (C=O) groups is 2. The van der Waals surface area contributed by atoms with Gasteiger partial charge in [0.1, 0.15) is 0 Å². The van der Waals surface area contributed by atoms with Gasteiger partial charge in [-0.15, -0.1) is 0 Å². The van der Waals surface area contributed by atoms with Gasteiger partial charge in [-0.25, -0.2) is 4.98 Å². The van der Waals surface area contributed by atoms with Gasteiger partial charge in [0.05, 0.1) is 49.1 Å². The van der Waals surface area contributed by atoms with E-state index in [-0.39, 0.29) is 43.5 Å². The summed E-state index contributed by atoms with van der Waals surface area (Å²) < 4.78 is 15.6. The molecule has 0 aliphatic carbocycles. The minimum absolute atomic E-state index is 0.0166. The molecule has 3 N–H and O–H groups in total. The lowest BCUT2D eigenvalue weighted by atomic mass is 9.90. The molecule has 1 aromatic heterocycles. The second-order valence-corrected chi connectivity index (χ2v) is 11.7. The Morgan fingerprint density at radius 1 is 0.848 bits per heavy atom. The van der Waals surface area contributed by atoms with Gasteiger partial charge >= 0.3 is 5.97 Å². The van der Waals surface area contributed by atoms with Crippen LogP contribution in [0, 0.1) is 5.92 Å². The van der Waals surface area contributed by atoms with Crippen molar-refractivity contribution < 1.29 is 29.3 Å². The number of amides is 1. The highest BCUT2D eigenvalue weighted by molar-refractivity contribution is 5.80. The number of para-hydroxylation sites is 2. The minimum atomic E-state index is -0.995. The van der Waals surface area contributed by atoms with Crippen LogP contribution in [0.3, 0.4) is 0 Å². The van der Waals surface area contributed by atoms with Crippen LogP contribution in [0.4, 0.5) is 0 Å². The third kappa shape index (κ3) is 7.18. The molecule has 5 aromatic rings. The van der Waals surface area contributed by atoms with E-state index in [1.54, 1.807) is 0 Å². The van der Waals surface area contributed by atoms with Crippen LogP contribution in [0.5, 0.6) is 0 Å². The first-order valence-electron chi connectivity index (χ1n) is 15.5. The van der Waals surface area contributed by atoms with Crippen LogP contribution in [-0.2, 0) is 38.8 Å². The fraction of sp³-hybridized carbons (Fsp3) is 0.270. The van der Waals surface area contributed by atoms with Crippen molar-refractivity contribution in [3.63, 3.8) is 0 Å². The van der Waals surface area contributed by atoms with Crippen molar-refractivity contribution in [2.45, 2.75) is 58.0 Å². The van der Waals surface area contributed by atoms with Crippen molar-refractivity contribution in [1.29, 1.82) is 0 Å². The summed E-state index contributed by atoms with van der Waals surface area (Å²) in [6.07, 6.45) is 0.547. The van der Waals surface area contributed by atoms with E-state index in [0.29, 0.717) is 13.1 Å². The summed E-state index contributed by atoms with van der Waals surface area (Å²) in [5.74, 6) is -1.28. The highest BCUT2D eigenvalue weighted by atomic mass is 16.7. The Morgan fingerprint density at radius 3 is 2.39 bits per heavy atom. The van der Waals surface area contributed by atoms with Crippen molar-refractivity contribution in [2.75, 3.05) is 0 Å². The number of hydrogen-bond donors (Lipinski definition) is 3. The molecule has 9 nitrogen and oxygen atoms in total. The molecular weight excluding hydrogens is 582 g/mol. The first kappa shape index (κ1) is 31.2. The zero-order valence-electron chi connectivity index (χ0n) is 25.6. The van der Waals surface area contributed by atoms with E-state index in [0.717, 1.165) is 44.4 Å². The monoisotopic (exact) mass is 619 g/mol. The van der Waals surface area contributed by atoms with Gasteiger partial charge in [-0.05, 0) is 52.1 Å². The lowest BCUT2D eigenvalue weighted by molar-refractivity contribution is -0.276. The molecule has 1 aliphatic rings. The quantitative estimate of drug-likeness (QED) is 0.162. The van der Waals surface area contributed by atoms with E-state index in [1.807, 2.05) is 91.3 Å². The predicted octanol–water partition coefficient (Wildman–Crippen LogP) is 6.17. The zero-order chi connectivity index (χ0) is 32.0. The van der Waals surface area contributed by atoms with Crippen molar-refractivity contribution >= 4 is 22.9 Å². The molecular formula is C37H37N3O6. The molecule has 1 amide bonds. The Hall–Kier alpha value is -4.83. The molecule has 0 bridgehead atoms. The van der Waals surface area contributed by atoms with Gasteiger partial charge in [0, 0.05) is 24.4 Å². The van der Waals surface area contributed by atoms with E-state index in [2.05, 4.69) is 33.9 Å². The van der Waals surface area contributed by atoms with Crippen LogP contribution >= 0.6 is 0 Å². The maximum atomic E-state index is 12.1. The summed E-state index contributed by atoms with van der Waals surface area (Å²) in [6.45, 7) is 3.04. The third-order valence-corrected chi connectivity index (χ3v) is 8.50. The number of aliphatic carboxylic acids is 1. The average molecular weight is 620 g/mol. The molecule has 0 radical (unpaired) electrons. The number of carboxylic acid groups (broad SMARTS) is 1. The van der Waals surface area contributed by atoms with Gasteiger partial charge < -0.3 is 29.6 Å². The SMILES string of the molecule is C[C@@H]1[C@H](Cn2cnc3ccccc32)O[C@H](c2cccc(-c3cccc(CNC(=O)CCC(=O)O)c3)c2)O[C@@H]1c1ccc(CO)cc1. The van der Waals surface area contributed by atoms with E-state index >= 15 is 0 Å². The number of fused-ring (bicyclic) bond motifs is 1. The van der Waals surface area contributed by atoms with Gasteiger partial charge in [-0.3, -0.25) is 9.59 Å². The third-order valence-electron chi connectivity index (χ3n) is 8.50. The average Bonchev–Trinajstić information content (AvgIpc) is 3.50.